The largest absolute Gasteiger partial charge is 0.435 e. The van der Waals surface area contributed by atoms with Crippen molar-refractivity contribution in [3.63, 3.8) is 0 Å². The highest BCUT2D eigenvalue weighted by molar-refractivity contribution is 7.89. The number of H-pyrrole nitrogens is 1. The lowest BCUT2D eigenvalue weighted by atomic mass is 10.0. The molecule has 2 aromatic carbocycles. The van der Waals surface area contributed by atoms with E-state index in [-0.39, 0.29) is 16.3 Å². The monoisotopic (exact) mass is 432 g/mol. The highest BCUT2D eigenvalue weighted by Gasteiger charge is 2.35. The van der Waals surface area contributed by atoms with Crippen LogP contribution in [0.1, 0.15) is 5.69 Å². The van der Waals surface area contributed by atoms with E-state index in [0.29, 0.717) is 5.56 Å². The minimum atomic E-state index is -4.63. The number of aromatic amines is 1. The van der Waals surface area contributed by atoms with Crippen LogP contribution in [0.5, 0.6) is 0 Å². The molecule has 0 atom stereocenters. The highest BCUT2D eigenvalue weighted by atomic mass is 32.2. The lowest BCUT2D eigenvalue weighted by Crippen LogP contribution is -2.12. The summed E-state index contributed by atoms with van der Waals surface area (Å²) < 4.78 is 63.9. The average Bonchev–Trinajstić information content (AvgIpc) is 3.37. The van der Waals surface area contributed by atoms with E-state index in [1.54, 1.807) is 30.5 Å². The van der Waals surface area contributed by atoms with Crippen LogP contribution in [0.4, 0.5) is 13.2 Å². The summed E-state index contributed by atoms with van der Waals surface area (Å²) in [7, 11) is -3.92. The van der Waals surface area contributed by atoms with Crippen LogP contribution in [0, 0.1) is 0 Å². The molecule has 4 rings (SSSR count). The Kier molecular flexibility index (Phi) is 4.75. The molecule has 0 aliphatic carbocycles. The Morgan fingerprint density at radius 3 is 2.07 bits per heavy atom. The summed E-state index contributed by atoms with van der Waals surface area (Å²) in [6, 6.07) is 15.0. The summed E-state index contributed by atoms with van der Waals surface area (Å²) in [5, 5.41) is 8.78. The first-order valence-corrected chi connectivity index (χ1v) is 10.2. The van der Waals surface area contributed by atoms with Gasteiger partial charge in [-0.2, -0.15) is 18.3 Å². The first-order valence-electron chi connectivity index (χ1n) is 8.67. The van der Waals surface area contributed by atoms with E-state index in [1.165, 1.54) is 24.3 Å². The van der Waals surface area contributed by atoms with E-state index < -0.39 is 21.9 Å². The van der Waals surface area contributed by atoms with Crippen LogP contribution in [-0.2, 0) is 16.2 Å². The molecule has 2 aromatic heterocycles. The third kappa shape index (κ3) is 3.87. The lowest BCUT2D eigenvalue weighted by Gasteiger charge is -2.09. The second-order valence-electron chi connectivity index (χ2n) is 6.54. The van der Waals surface area contributed by atoms with Crippen LogP contribution >= 0.6 is 0 Å². The van der Waals surface area contributed by atoms with E-state index >= 15 is 0 Å². The molecule has 0 saturated heterocycles. The van der Waals surface area contributed by atoms with Gasteiger partial charge in [0, 0.05) is 18.0 Å². The van der Waals surface area contributed by atoms with E-state index in [4.69, 9.17) is 5.14 Å². The molecule has 0 radical (unpaired) electrons. The van der Waals surface area contributed by atoms with Crippen LogP contribution in [0.3, 0.4) is 0 Å². The Morgan fingerprint density at radius 2 is 1.53 bits per heavy atom. The van der Waals surface area contributed by atoms with E-state index in [2.05, 4.69) is 10.1 Å². The molecular formula is C20H15F3N4O2S. The minimum Gasteiger partial charge on any atom is -0.367 e. The summed E-state index contributed by atoms with van der Waals surface area (Å²) in [6.07, 6.45) is -1.04. The summed E-state index contributed by atoms with van der Waals surface area (Å²) in [6.45, 7) is 0. The number of hydrogen-bond acceptors (Lipinski definition) is 3. The molecule has 0 aliphatic rings. The third-order valence-electron chi connectivity index (χ3n) is 4.52. The first-order chi connectivity index (χ1) is 14.1. The molecule has 0 saturated carbocycles. The predicted octanol–water partition coefficient (Wildman–Crippen LogP) is 4.20. The summed E-state index contributed by atoms with van der Waals surface area (Å²) in [5.41, 5.74) is 1.80. The standard InChI is InChI=1S/C20H15F3N4O2S/c21-20(22,23)19-11-18(14-3-1-13(2-4-14)15-9-10-25-12-15)27(26-19)16-5-7-17(8-6-16)30(24,28)29/h1-12,25H,(H2,24,28,29). The van der Waals surface area contributed by atoms with Gasteiger partial charge in [0.1, 0.15) is 0 Å². The maximum atomic E-state index is 13.3. The molecule has 0 bridgehead atoms. The van der Waals surface area contributed by atoms with Crippen LogP contribution in [0.25, 0.3) is 28.1 Å². The second-order valence-corrected chi connectivity index (χ2v) is 8.10. The summed E-state index contributed by atoms with van der Waals surface area (Å²) in [5.74, 6) is 0. The van der Waals surface area contributed by atoms with E-state index in [1.807, 2.05) is 12.3 Å². The zero-order valence-corrected chi connectivity index (χ0v) is 16.1. The van der Waals surface area contributed by atoms with Crippen molar-refractivity contribution in [1.82, 2.24) is 14.8 Å². The van der Waals surface area contributed by atoms with Crippen molar-refractivity contribution < 1.29 is 21.6 Å². The highest BCUT2D eigenvalue weighted by Crippen LogP contribution is 2.34. The van der Waals surface area contributed by atoms with Gasteiger partial charge >= 0.3 is 6.18 Å². The quantitative estimate of drug-likeness (QED) is 0.506. The molecular weight excluding hydrogens is 417 g/mol. The predicted molar refractivity (Wildman–Crippen MR) is 105 cm³/mol. The van der Waals surface area contributed by atoms with Gasteiger partial charge in [0.2, 0.25) is 10.0 Å². The maximum Gasteiger partial charge on any atom is 0.435 e. The number of hydrogen-bond donors (Lipinski definition) is 2. The second kappa shape index (κ2) is 7.15. The van der Waals surface area contributed by atoms with Crippen molar-refractivity contribution in [2.45, 2.75) is 11.1 Å². The fraction of sp³-hybridized carbons (Fsp3) is 0.0500. The fourth-order valence-corrected chi connectivity index (χ4v) is 3.55. The van der Waals surface area contributed by atoms with Crippen molar-refractivity contribution in [2.75, 3.05) is 0 Å². The number of nitrogens with one attached hydrogen (secondary N) is 1. The normalized spacial score (nSPS) is 12.3. The van der Waals surface area contributed by atoms with Gasteiger partial charge in [-0.1, -0.05) is 24.3 Å². The number of alkyl halides is 3. The minimum absolute atomic E-state index is 0.146. The van der Waals surface area contributed by atoms with Crippen LogP contribution in [0.2, 0.25) is 0 Å². The van der Waals surface area contributed by atoms with Crippen molar-refractivity contribution in [3.05, 3.63) is 78.8 Å². The molecule has 6 nitrogen and oxygen atoms in total. The van der Waals surface area contributed by atoms with Gasteiger partial charge in [-0.15, -0.1) is 0 Å². The van der Waals surface area contributed by atoms with Crippen molar-refractivity contribution >= 4 is 10.0 Å². The van der Waals surface area contributed by atoms with Gasteiger partial charge in [-0.3, -0.25) is 0 Å². The number of halogens is 3. The number of rotatable bonds is 4. The van der Waals surface area contributed by atoms with Crippen LogP contribution in [-0.4, -0.2) is 23.2 Å². The molecule has 0 fully saturated rings. The fourth-order valence-electron chi connectivity index (χ4n) is 3.04. The van der Waals surface area contributed by atoms with Gasteiger partial charge in [-0.25, -0.2) is 18.2 Å². The first kappa shape index (κ1) is 19.9. The SMILES string of the molecule is NS(=O)(=O)c1ccc(-n2nc(C(F)(F)F)cc2-c2ccc(-c3cc[nH]c3)cc2)cc1. The third-order valence-corrected chi connectivity index (χ3v) is 5.45. The molecule has 0 spiro atoms. The topological polar surface area (TPSA) is 93.8 Å². The van der Waals surface area contributed by atoms with Crippen molar-refractivity contribution in [2.24, 2.45) is 5.14 Å². The maximum absolute atomic E-state index is 13.3. The van der Waals surface area contributed by atoms with Gasteiger partial charge in [-0.05, 0) is 47.5 Å². The molecule has 154 valence electrons. The molecule has 0 aliphatic heterocycles. The lowest BCUT2D eigenvalue weighted by molar-refractivity contribution is -0.141. The van der Waals surface area contributed by atoms with Gasteiger partial charge in [0.25, 0.3) is 0 Å². The molecule has 2 heterocycles. The van der Waals surface area contributed by atoms with E-state index in [9.17, 15) is 21.6 Å². The molecule has 0 amide bonds. The van der Waals surface area contributed by atoms with Crippen LogP contribution in [0.15, 0.2) is 78.0 Å². The average molecular weight is 432 g/mol. The molecule has 30 heavy (non-hydrogen) atoms. The smallest absolute Gasteiger partial charge is 0.367 e. The van der Waals surface area contributed by atoms with Gasteiger partial charge in [0.05, 0.1) is 16.3 Å². The van der Waals surface area contributed by atoms with E-state index in [0.717, 1.165) is 21.9 Å². The Labute approximate surface area is 169 Å². The molecule has 0 unspecified atom stereocenters. The number of sulfonamides is 1. The molecule has 3 N–H and O–H groups in total. The number of benzene rings is 2. The Bertz CT molecular complexity index is 1280. The molecule has 4 aromatic rings. The number of primary sulfonamides is 1. The summed E-state index contributed by atoms with van der Waals surface area (Å²) >= 11 is 0. The van der Waals surface area contributed by atoms with Gasteiger partial charge in [0.15, 0.2) is 5.69 Å². The van der Waals surface area contributed by atoms with Crippen molar-refractivity contribution in [3.8, 4) is 28.1 Å². The number of nitrogens with two attached hydrogens (primary N) is 1. The van der Waals surface area contributed by atoms with Crippen LogP contribution < -0.4 is 5.14 Å². The zero-order chi connectivity index (χ0) is 21.5. The Hall–Kier alpha value is -3.37. The summed E-state index contributed by atoms with van der Waals surface area (Å²) in [4.78, 5) is 2.80. The zero-order valence-electron chi connectivity index (χ0n) is 15.3. The van der Waals surface area contributed by atoms with Crippen molar-refractivity contribution in [1.29, 1.82) is 0 Å². The molecule has 10 heteroatoms. The number of nitrogens with zero attached hydrogens (tertiary/aromatic N) is 2. The van der Waals surface area contributed by atoms with Gasteiger partial charge < -0.3 is 4.98 Å². The Morgan fingerprint density at radius 1 is 0.900 bits per heavy atom. The number of aromatic nitrogens is 3. The Balaban J connectivity index is 1.80.